The molecular formula is C14H15N3O3S. The molecule has 0 radical (unpaired) electrons. The molecule has 2 amide bonds. The Kier molecular flexibility index (Phi) is 4.54. The molecule has 0 fully saturated rings. The number of nitrogens with zero attached hydrogens (tertiary/aromatic N) is 1. The number of hydrogen-bond acceptors (Lipinski definition) is 4. The van der Waals surface area contributed by atoms with E-state index in [0.29, 0.717) is 17.8 Å². The second-order valence-electron chi connectivity index (χ2n) is 4.47. The van der Waals surface area contributed by atoms with Crippen molar-refractivity contribution < 1.29 is 14.7 Å². The highest BCUT2D eigenvalue weighted by atomic mass is 32.1. The van der Waals surface area contributed by atoms with Gasteiger partial charge in [-0.05, 0) is 25.5 Å². The lowest BCUT2D eigenvalue weighted by molar-refractivity contribution is 0.0698. The summed E-state index contributed by atoms with van der Waals surface area (Å²) in [6, 6.07) is 4.37. The molecule has 7 heteroatoms. The van der Waals surface area contributed by atoms with Crippen molar-refractivity contribution >= 4 is 29.0 Å². The molecule has 1 aromatic carbocycles. The van der Waals surface area contributed by atoms with Crippen molar-refractivity contribution in [2.75, 3.05) is 5.32 Å². The molecular weight excluding hydrogens is 290 g/mol. The SMILES string of the molecule is Cc1nc(CNC(=O)Nc2c(C)cccc2C(=O)O)cs1. The van der Waals surface area contributed by atoms with E-state index in [-0.39, 0.29) is 5.56 Å². The maximum Gasteiger partial charge on any atom is 0.337 e. The Morgan fingerprint density at radius 2 is 2.10 bits per heavy atom. The third-order valence-electron chi connectivity index (χ3n) is 2.84. The minimum atomic E-state index is -1.08. The average Bonchev–Trinajstić information content (AvgIpc) is 2.84. The third-order valence-corrected chi connectivity index (χ3v) is 3.66. The van der Waals surface area contributed by atoms with Gasteiger partial charge in [0.2, 0.25) is 0 Å². The number of benzene rings is 1. The van der Waals surface area contributed by atoms with Crippen LogP contribution in [-0.2, 0) is 6.54 Å². The first kappa shape index (κ1) is 15.0. The van der Waals surface area contributed by atoms with Gasteiger partial charge in [0.25, 0.3) is 0 Å². The summed E-state index contributed by atoms with van der Waals surface area (Å²) >= 11 is 1.51. The standard InChI is InChI=1S/C14H15N3O3S/c1-8-4-3-5-11(13(18)19)12(8)17-14(20)15-6-10-7-21-9(2)16-10/h3-5,7H,6H2,1-2H3,(H,18,19)(H2,15,17,20). The van der Waals surface area contributed by atoms with Crippen LogP contribution in [0.25, 0.3) is 0 Å². The first-order chi connectivity index (χ1) is 9.97. The number of aromatic nitrogens is 1. The fourth-order valence-corrected chi connectivity index (χ4v) is 2.44. The molecule has 0 aliphatic carbocycles. The van der Waals surface area contributed by atoms with E-state index < -0.39 is 12.0 Å². The molecule has 2 aromatic rings. The van der Waals surface area contributed by atoms with Crippen LogP contribution < -0.4 is 10.6 Å². The van der Waals surface area contributed by atoms with Crippen LogP contribution in [0.1, 0.15) is 26.6 Å². The van der Waals surface area contributed by atoms with E-state index in [4.69, 9.17) is 5.11 Å². The van der Waals surface area contributed by atoms with Crippen LogP contribution in [0.2, 0.25) is 0 Å². The number of rotatable bonds is 4. The summed E-state index contributed by atoms with van der Waals surface area (Å²) in [4.78, 5) is 27.3. The lowest BCUT2D eigenvalue weighted by Crippen LogP contribution is -2.29. The maximum atomic E-state index is 11.9. The minimum absolute atomic E-state index is 0.0645. The van der Waals surface area contributed by atoms with Gasteiger partial charge < -0.3 is 15.7 Å². The highest BCUT2D eigenvalue weighted by Crippen LogP contribution is 2.20. The first-order valence-electron chi connectivity index (χ1n) is 6.26. The molecule has 6 nitrogen and oxygen atoms in total. The number of aromatic carboxylic acids is 1. The molecule has 0 aliphatic heterocycles. The molecule has 21 heavy (non-hydrogen) atoms. The molecule has 0 spiro atoms. The maximum absolute atomic E-state index is 11.9. The number of para-hydroxylation sites is 1. The second kappa shape index (κ2) is 6.36. The van der Waals surface area contributed by atoms with Gasteiger partial charge in [-0.3, -0.25) is 0 Å². The highest BCUT2D eigenvalue weighted by molar-refractivity contribution is 7.09. The van der Waals surface area contributed by atoms with Gasteiger partial charge in [0, 0.05) is 5.38 Å². The van der Waals surface area contributed by atoms with Gasteiger partial charge >= 0.3 is 12.0 Å². The summed E-state index contributed by atoms with van der Waals surface area (Å²) in [5, 5.41) is 17.2. The van der Waals surface area contributed by atoms with Gasteiger partial charge in [-0.25, -0.2) is 14.6 Å². The van der Waals surface area contributed by atoms with Crippen LogP contribution in [0.4, 0.5) is 10.5 Å². The first-order valence-corrected chi connectivity index (χ1v) is 7.14. The average molecular weight is 305 g/mol. The van der Waals surface area contributed by atoms with E-state index in [0.717, 1.165) is 10.7 Å². The molecule has 0 saturated heterocycles. The summed E-state index contributed by atoms with van der Waals surface area (Å²) in [5.41, 5.74) is 1.83. The number of anilines is 1. The summed E-state index contributed by atoms with van der Waals surface area (Å²) < 4.78 is 0. The number of amides is 2. The Bertz CT molecular complexity index is 682. The molecule has 2 rings (SSSR count). The largest absolute Gasteiger partial charge is 0.478 e. The summed E-state index contributed by atoms with van der Waals surface area (Å²) in [6.07, 6.45) is 0. The number of carboxylic acids is 1. The van der Waals surface area contributed by atoms with Crippen molar-refractivity contribution in [2.45, 2.75) is 20.4 Å². The molecule has 3 N–H and O–H groups in total. The third kappa shape index (κ3) is 3.79. The van der Waals surface area contributed by atoms with Crippen molar-refractivity contribution in [3.05, 3.63) is 45.4 Å². The number of thiazole rings is 1. The number of carboxylic acid groups (broad SMARTS) is 1. The predicted molar refractivity (Wildman–Crippen MR) is 80.8 cm³/mol. The van der Waals surface area contributed by atoms with E-state index in [1.807, 2.05) is 12.3 Å². The fraction of sp³-hybridized carbons (Fsp3) is 0.214. The summed E-state index contributed by atoms with van der Waals surface area (Å²) in [6.45, 7) is 3.93. The van der Waals surface area contributed by atoms with Gasteiger partial charge in [-0.15, -0.1) is 11.3 Å². The van der Waals surface area contributed by atoms with Gasteiger partial charge in [0.05, 0.1) is 28.5 Å². The van der Waals surface area contributed by atoms with Crippen LogP contribution in [0, 0.1) is 13.8 Å². The molecule has 1 heterocycles. The molecule has 0 unspecified atom stereocenters. The van der Waals surface area contributed by atoms with E-state index in [9.17, 15) is 9.59 Å². The lowest BCUT2D eigenvalue weighted by Gasteiger charge is -2.12. The van der Waals surface area contributed by atoms with Crippen LogP contribution in [0.3, 0.4) is 0 Å². The second-order valence-corrected chi connectivity index (χ2v) is 5.53. The Labute approximate surface area is 125 Å². The quantitative estimate of drug-likeness (QED) is 0.810. The van der Waals surface area contributed by atoms with E-state index in [1.54, 1.807) is 19.1 Å². The molecule has 0 atom stereocenters. The van der Waals surface area contributed by atoms with Crippen molar-refractivity contribution in [3.63, 3.8) is 0 Å². The Balaban J connectivity index is 2.04. The van der Waals surface area contributed by atoms with Crippen LogP contribution >= 0.6 is 11.3 Å². The van der Waals surface area contributed by atoms with Crippen LogP contribution in [0.5, 0.6) is 0 Å². The van der Waals surface area contributed by atoms with Gasteiger partial charge in [0.15, 0.2) is 0 Å². The number of aryl methyl sites for hydroxylation is 2. The fourth-order valence-electron chi connectivity index (χ4n) is 1.83. The normalized spacial score (nSPS) is 10.2. The summed E-state index contributed by atoms with van der Waals surface area (Å²) in [5.74, 6) is -1.08. The molecule has 1 aromatic heterocycles. The predicted octanol–water partition coefficient (Wildman–Crippen LogP) is 2.78. The number of hydrogen-bond donors (Lipinski definition) is 3. The van der Waals surface area contributed by atoms with Crippen molar-refractivity contribution in [2.24, 2.45) is 0 Å². The Morgan fingerprint density at radius 3 is 2.71 bits per heavy atom. The zero-order chi connectivity index (χ0) is 15.4. The zero-order valence-corrected chi connectivity index (χ0v) is 12.5. The smallest absolute Gasteiger partial charge is 0.337 e. The van der Waals surface area contributed by atoms with Crippen molar-refractivity contribution in [1.29, 1.82) is 0 Å². The highest BCUT2D eigenvalue weighted by Gasteiger charge is 2.14. The zero-order valence-electron chi connectivity index (χ0n) is 11.6. The van der Waals surface area contributed by atoms with Crippen molar-refractivity contribution in [3.8, 4) is 0 Å². The molecule has 0 bridgehead atoms. The van der Waals surface area contributed by atoms with E-state index in [2.05, 4.69) is 15.6 Å². The van der Waals surface area contributed by atoms with Crippen molar-refractivity contribution in [1.82, 2.24) is 10.3 Å². The topological polar surface area (TPSA) is 91.3 Å². The van der Waals surface area contributed by atoms with E-state index in [1.165, 1.54) is 17.4 Å². The molecule has 110 valence electrons. The number of carbonyl (C=O) groups is 2. The molecule has 0 saturated carbocycles. The summed E-state index contributed by atoms with van der Waals surface area (Å²) in [7, 11) is 0. The minimum Gasteiger partial charge on any atom is -0.478 e. The van der Waals surface area contributed by atoms with Gasteiger partial charge in [-0.2, -0.15) is 0 Å². The van der Waals surface area contributed by atoms with Gasteiger partial charge in [-0.1, -0.05) is 12.1 Å². The monoisotopic (exact) mass is 305 g/mol. The van der Waals surface area contributed by atoms with Gasteiger partial charge in [0.1, 0.15) is 0 Å². The lowest BCUT2D eigenvalue weighted by atomic mass is 10.1. The Hall–Kier alpha value is -2.41. The molecule has 0 aliphatic rings. The number of urea groups is 1. The van der Waals surface area contributed by atoms with Crippen LogP contribution in [0.15, 0.2) is 23.6 Å². The Morgan fingerprint density at radius 1 is 1.33 bits per heavy atom. The van der Waals surface area contributed by atoms with Crippen LogP contribution in [-0.4, -0.2) is 22.1 Å². The van der Waals surface area contributed by atoms with E-state index >= 15 is 0 Å². The number of nitrogens with one attached hydrogen (secondary N) is 2. The number of carbonyl (C=O) groups excluding carboxylic acids is 1.